The second-order valence-electron chi connectivity index (χ2n) is 6.15. The number of hydrazone groups is 1. The van der Waals surface area contributed by atoms with Crippen LogP contribution in [0.2, 0.25) is 0 Å². The van der Waals surface area contributed by atoms with Crippen molar-refractivity contribution in [3.63, 3.8) is 0 Å². The molecule has 28 heavy (non-hydrogen) atoms. The number of benzene rings is 2. The lowest BCUT2D eigenvalue weighted by atomic mass is 10.2. The molecule has 0 radical (unpaired) electrons. The van der Waals surface area contributed by atoms with Crippen LogP contribution in [0.1, 0.15) is 27.3 Å². The Bertz CT molecular complexity index is 1070. The molecule has 1 aromatic heterocycles. The molecule has 0 fully saturated rings. The number of halogens is 1. The average Bonchev–Trinajstić information content (AvgIpc) is 2.97. The van der Waals surface area contributed by atoms with Crippen LogP contribution in [-0.4, -0.2) is 21.6 Å². The quantitative estimate of drug-likeness (QED) is 0.413. The first-order valence-electron chi connectivity index (χ1n) is 8.39. The Morgan fingerprint density at radius 1 is 1.18 bits per heavy atom. The third-order valence-electron chi connectivity index (χ3n) is 4.22. The Kier molecular flexibility index (Phi) is 5.30. The molecule has 2 aromatic carbocycles. The van der Waals surface area contributed by atoms with Gasteiger partial charge in [0.25, 0.3) is 11.6 Å². The van der Waals surface area contributed by atoms with Gasteiger partial charge >= 0.3 is 0 Å². The number of carbonyl (C=O) groups excluding carboxylic acids is 1. The SMILES string of the molecule is Cc1cc(C(=O)NN=Cc2cccc([N+](=O)[O-])c2)c(C)n1-c1ccc(F)cc1. The van der Waals surface area contributed by atoms with Gasteiger partial charge in [0.15, 0.2) is 0 Å². The highest BCUT2D eigenvalue weighted by molar-refractivity contribution is 5.96. The number of carbonyl (C=O) groups is 1. The Hall–Kier alpha value is -3.81. The van der Waals surface area contributed by atoms with Crippen LogP contribution < -0.4 is 5.43 Å². The zero-order chi connectivity index (χ0) is 20.3. The van der Waals surface area contributed by atoms with Gasteiger partial charge in [0.05, 0.1) is 16.7 Å². The highest BCUT2D eigenvalue weighted by Crippen LogP contribution is 2.21. The molecule has 1 amide bonds. The lowest BCUT2D eigenvalue weighted by Gasteiger charge is -2.09. The molecule has 1 N–H and O–H groups in total. The van der Waals surface area contributed by atoms with Crippen molar-refractivity contribution in [3.05, 3.63) is 93.0 Å². The van der Waals surface area contributed by atoms with Gasteiger partial charge in [-0.05, 0) is 44.2 Å². The molecule has 0 atom stereocenters. The number of aryl methyl sites for hydroxylation is 1. The molecule has 3 rings (SSSR count). The minimum absolute atomic E-state index is 0.0573. The van der Waals surface area contributed by atoms with E-state index in [1.165, 1.54) is 36.5 Å². The van der Waals surface area contributed by atoms with E-state index in [-0.39, 0.29) is 11.5 Å². The first-order chi connectivity index (χ1) is 13.4. The van der Waals surface area contributed by atoms with Gasteiger partial charge in [-0.3, -0.25) is 14.9 Å². The maximum atomic E-state index is 13.2. The Labute approximate surface area is 160 Å². The molecule has 0 aliphatic carbocycles. The zero-order valence-electron chi connectivity index (χ0n) is 15.2. The van der Waals surface area contributed by atoms with Crippen LogP contribution >= 0.6 is 0 Å². The standard InChI is InChI=1S/C20H17FN4O3/c1-13-10-19(14(2)24(13)17-8-6-16(21)7-9-17)20(26)23-22-12-15-4-3-5-18(11-15)25(27)28/h3-12H,1-2H3,(H,23,26). The fourth-order valence-electron chi connectivity index (χ4n) is 2.92. The molecule has 1 heterocycles. The number of hydrogen-bond donors (Lipinski definition) is 1. The van der Waals surface area contributed by atoms with Crippen molar-refractivity contribution >= 4 is 17.8 Å². The van der Waals surface area contributed by atoms with E-state index in [1.54, 1.807) is 31.2 Å². The van der Waals surface area contributed by atoms with Crippen LogP contribution in [-0.2, 0) is 0 Å². The van der Waals surface area contributed by atoms with Gasteiger partial charge in [0.1, 0.15) is 5.82 Å². The summed E-state index contributed by atoms with van der Waals surface area (Å²) in [6.07, 6.45) is 1.34. The summed E-state index contributed by atoms with van der Waals surface area (Å²) in [6.45, 7) is 3.63. The predicted molar refractivity (Wildman–Crippen MR) is 103 cm³/mol. The van der Waals surface area contributed by atoms with Crippen molar-refractivity contribution in [2.75, 3.05) is 0 Å². The van der Waals surface area contributed by atoms with Gasteiger partial charge in [0, 0.05) is 34.8 Å². The Balaban J connectivity index is 1.78. The highest BCUT2D eigenvalue weighted by Gasteiger charge is 2.16. The van der Waals surface area contributed by atoms with Crippen LogP contribution in [0.4, 0.5) is 10.1 Å². The molecule has 0 aliphatic rings. The van der Waals surface area contributed by atoms with Crippen LogP contribution in [0.25, 0.3) is 5.69 Å². The van der Waals surface area contributed by atoms with Crippen molar-refractivity contribution in [2.24, 2.45) is 5.10 Å². The molecule has 3 aromatic rings. The van der Waals surface area contributed by atoms with Gasteiger partial charge in [-0.1, -0.05) is 12.1 Å². The molecular formula is C20H17FN4O3. The Morgan fingerprint density at radius 3 is 2.57 bits per heavy atom. The molecule has 142 valence electrons. The second kappa shape index (κ2) is 7.83. The van der Waals surface area contributed by atoms with E-state index >= 15 is 0 Å². The molecule has 0 spiro atoms. The number of nitro benzene ring substituents is 1. The van der Waals surface area contributed by atoms with E-state index in [1.807, 2.05) is 11.5 Å². The summed E-state index contributed by atoms with van der Waals surface area (Å²) in [5, 5.41) is 14.7. The molecule has 7 nitrogen and oxygen atoms in total. The summed E-state index contributed by atoms with van der Waals surface area (Å²) in [5.41, 5.74) is 5.54. The van der Waals surface area contributed by atoms with E-state index in [0.29, 0.717) is 16.8 Å². The zero-order valence-corrected chi connectivity index (χ0v) is 15.2. The number of nitrogens with zero attached hydrogens (tertiary/aromatic N) is 3. The maximum Gasteiger partial charge on any atom is 0.273 e. The van der Waals surface area contributed by atoms with Crippen LogP contribution in [0.5, 0.6) is 0 Å². The van der Waals surface area contributed by atoms with E-state index in [4.69, 9.17) is 0 Å². The monoisotopic (exact) mass is 380 g/mol. The van der Waals surface area contributed by atoms with Gasteiger partial charge in [-0.2, -0.15) is 5.10 Å². The lowest BCUT2D eigenvalue weighted by molar-refractivity contribution is -0.384. The van der Waals surface area contributed by atoms with Crippen LogP contribution in [0.3, 0.4) is 0 Å². The van der Waals surface area contributed by atoms with E-state index in [2.05, 4.69) is 10.5 Å². The third-order valence-corrected chi connectivity index (χ3v) is 4.22. The average molecular weight is 380 g/mol. The minimum atomic E-state index is -0.500. The smallest absolute Gasteiger partial charge is 0.273 e. The number of non-ortho nitro benzene ring substituents is 1. The maximum absolute atomic E-state index is 13.2. The summed E-state index contributed by atoms with van der Waals surface area (Å²) < 4.78 is 15.0. The normalized spacial score (nSPS) is 11.0. The fourth-order valence-corrected chi connectivity index (χ4v) is 2.92. The number of aromatic nitrogens is 1. The number of hydrogen-bond acceptors (Lipinski definition) is 4. The first kappa shape index (κ1) is 19.0. The van der Waals surface area contributed by atoms with Crippen LogP contribution in [0.15, 0.2) is 59.7 Å². The number of nitrogens with one attached hydrogen (secondary N) is 1. The third kappa shape index (κ3) is 3.96. The number of amides is 1. The topological polar surface area (TPSA) is 89.5 Å². The van der Waals surface area contributed by atoms with Crippen molar-refractivity contribution in [1.82, 2.24) is 9.99 Å². The van der Waals surface area contributed by atoms with Gasteiger partial charge in [0.2, 0.25) is 0 Å². The summed E-state index contributed by atoms with van der Waals surface area (Å²) in [5.74, 6) is -0.747. The molecule has 8 heteroatoms. The molecular weight excluding hydrogens is 363 g/mol. The van der Waals surface area contributed by atoms with Crippen molar-refractivity contribution < 1.29 is 14.1 Å². The second-order valence-corrected chi connectivity index (χ2v) is 6.15. The highest BCUT2D eigenvalue weighted by atomic mass is 19.1. The van der Waals surface area contributed by atoms with Gasteiger partial charge in [-0.15, -0.1) is 0 Å². The number of rotatable bonds is 5. The van der Waals surface area contributed by atoms with Crippen molar-refractivity contribution in [2.45, 2.75) is 13.8 Å². The van der Waals surface area contributed by atoms with Crippen molar-refractivity contribution in [3.8, 4) is 5.69 Å². The predicted octanol–water partition coefficient (Wildman–Crippen LogP) is 3.91. The summed E-state index contributed by atoms with van der Waals surface area (Å²) in [4.78, 5) is 22.8. The fraction of sp³-hybridized carbons (Fsp3) is 0.100. The molecule has 0 saturated heterocycles. The van der Waals surface area contributed by atoms with Crippen molar-refractivity contribution in [1.29, 1.82) is 0 Å². The van der Waals surface area contributed by atoms with Crippen LogP contribution in [0, 0.1) is 29.8 Å². The Morgan fingerprint density at radius 2 is 1.89 bits per heavy atom. The summed E-state index contributed by atoms with van der Waals surface area (Å²) in [6, 6.07) is 13.6. The van der Waals surface area contributed by atoms with Gasteiger partial charge < -0.3 is 4.57 Å². The number of nitro groups is 1. The first-order valence-corrected chi connectivity index (χ1v) is 8.39. The molecule has 0 aliphatic heterocycles. The largest absolute Gasteiger partial charge is 0.318 e. The molecule has 0 saturated carbocycles. The summed E-state index contributed by atoms with van der Waals surface area (Å²) in [7, 11) is 0. The molecule has 0 unspecified atom stereocenters. The van der Waals surface area contributed by atoms with E-state index < -0.39 is 10.8 Å². The minimum Gasteiger partial charge on any atom is -0.318 e. The van der Waals surface area contributed by atoms with E-state index in [9.17, 15) is 19.3 Å². The summed E-state index contributed by atoms with van der Waals surface area (Å²) >= 11 is 0. The molecule has 0 bridgehead atoms. The van der Waals surface area contributed by atoms with E-state index in [0.717, 1.165) is 11.4 Å². The van der Waals surface area contributed by atoms with Gasteiger partial charge in [-0.25, -0.2) is 9.82 Å². The lowest BCUT2D eigenvalue weighted by Crippen LogP contribution is -2.18.